The fourth-order valence-corrected chi connectivity index (χ4v) is 2.84. The zero-order valence-electron chi connectivity index (χ0n) is 17.4. The molecule has 0 aliphatic rings. The number of nitrogen functional groups attached to an aromatic ring is 1. The Morgan fingerprint density at radius 1 is 1.17 bits per heavy atom. The van der Waals surface area contributed by atoms with Gasteiger partial charge >= 0.3 is 0 Å². The van der Waals surface area contributed by atoms with Gasteiger partial charge in [-0.1, -0.05) is 18.2 Å². The minimum atomic E-state index is -1.51. The first-order valence-corrected chi connectivity index (χ1v) is 9.40. The van der Waals surface area contributed by atoms with Crippen molar-refractivity contribution in [3.63, 3.8) is 0 Å². The summed E-state index contributed by atoms with van der Waals surface area (Å²) in [5, 5.41) is 15.5. The van der Waals surface area contributed by atoms with Gasteiger partial charge in [0.2, 0.25) is 0 Å². The molecule has 0 radical (unpaired) electrons. The van der Waals surface area contributed by atoms with Crippen molar-refractivity contribution in [2.45, 2.75) is 26.4 Å². The molecule has 0 fully saturated rings. The lowest BCUT2D eigenvalue weighted by molar-refractivity contribution is -0.130. The summed E-state index contributed by atoms with van der Waals surface area (Å²) in [7, 11) is 1.65. The SMILES string of the molecule is Cc1c(N)cccc1-c1cn(C)c(=O)c(Nc2cccc(NC(=O)C(C)(C)O)c2)n1. The molecule has 0 unspecified atom stereocenters. The van der Waals surface area contributed by atoms with E-state index in [1.54, 1.807) is 37.5 Å². The summed E-state index contributed by atoms with van der Waals surface area (Å²) in [4.78, 5) is 29.1. The van der Waals surface area contributed by atoms with Crippen LogP contribution in [0.25, 0.3) is 11.3 Å². The molecule has 0 spiro atoms. The van der Waals surface area contributed by atoms with Gasteiger partial charge in [-0.2, -0.15) is 0 Å². The van der Waals surface area contributed by atoms with E-state index in [1.165, 1.54) is 18.4 Å². The van der Waals surface area contributed by atoms with Gasteiger partial charge < -0.3 is 26.0 Å². The minimum absolute atomic E-state index is 0.141. The quantitative estimate of drug-likeness (QED) is 0.483. The van der Waals surface area contributed by atoms with E-state index in [4.69, 9.17) is 5.73 Å². The van der Waals surface area contributed by atoms with Gasteiger partial charge in [-0.15, -0.1) is 0 Å². The molecule has 5 N–H and O–H groups in total. The van der Waals surface area contributed by atoms with Crippen molar-refractivity contribution in [1.29, 1.82) is 0 Å². The van der Waals surface area contributed by atoms with Gasteiger partial charge in [0.15, 0.2) is 5.82 Å². The number of hydrogen-bond donors (Lipinski definition) is 4. The van der Waals surface area contributed by atoms with Crippen LogP contribution in [0.1, 0.15) is 19.4 Å². The first-order valence-electron chi connectivity index (χ1n) is 9.40. The number of nitrogens with one attached hydrogen (secondary N) is 2. The molecule has 8 nitrogen and oxygen atoms in total. The third-order valence-corrected chi connectivity index (χ3v) is 4.66. The van der Waals surface area contributed by atoms with Crippen molar-refractivity contribution in [2.24, 2.45) is 7.05 Å². The van der Waals surface area contributed by atoms with E-state index in [0.717, 1.165) is 11.1 Å². The molecule has 0 saturated carbocycles. The summed E-state index contributed by atoms with van der Waals surface area (Å²) in [6.07, 6.45) is 1.66. The van der Waals surface area contributed by atoms with Crippen LogP contribution in [-0.2, 0) is 11.8 Å². The highest BCUT2D eigenvalue weighted by Gasteiger charge is 2.23. The highest BCUT2D eigenvalue weighted by molar-refractivity contribution is 5.96. The number of nitrogens with two attached hydrogens (primary N) is 1. The third-order valence-electron chi connectivity index (χ3n) is 4.66. The fourth-order valence-electron chi connectivity index (χ4n) is 2.84. The molecule has 0 atom stereocenters. The zero-order valence-corrected chi connectivity index (χ0v) is 17.4. The van der Waals surface area contributed by atoms with Gasteiger partial charge in [0.1, 0.15) is 5.60 Å². The number of aromatic nitrogens is 2. The van der Waals surface area contributed by atoms with E-state index in [2.05, 4.69) is 15.6 Å². The average molecular weight is 407 g/mol. The second-order valence-electron chi connectivity index (χ2n) is 7.63. The average Bonchev–Trinajstić information content (AvgIpc) is 2.67. The lowest BCUT2D eigenvalue weighted by Crippen LogP contribution is -2.36. The second kappa shape index (κ2) is 8.00. The summed E-state index contributed by atoms with van der Waals surface area (Å²) >= 11 is 0. The number of nitrogens with zero attached hydrogens (tertiary/aromatic N) is 2. The van der Waals surface area contributed by atoms with Crippen LogP contribution in [0.2, 0.25) is 0 Å². The van der Waals surface area contributed by atoms with Crippen molar-refractivity contribution in [3.05, 3.63) is 64.6 Å². The Kier molecular flexibility index (Phi) is 5.62. The molecular weight excluding hydrogens is 382 g/mol. The Labute approximate surface area is 174 Å². The molecule has 0 aliphatic carbocycles. The minimum Gasteiger partial charge on any atom is -0.398 e. The van der Waals surface area contributed by atoms with E-state index in [-0.39, 0.29) is 11.4 Å². The summed E-state index contributed by atoms with van der Waals surface area (Å²) in [6, 6.07) is 12.4. The number of anilines is 4. The van der Waals surface area contributed by atoms with Gasteiger partial charge in [0.25, 0.3) is 11.5 Å². The summed E-state index contributed by atoms with van der Waals surface area (Å²) in [5.74, 6) is -0.393. The lowest BCUT2D eigenvalue weighted by Gasteiger charge is -2.17. The third kappa shape index (κ3) is 4.49. The molecule has 0 saturated heterocycles. The molecule has 30 heavy (non-hydrogen) atoms. The Morgan fingerprint density at radius 3 is 2.53 bits per heavy atom. The van der Waals surface area contributed by atoms with Gasteiger partial charge in [-0.25, -0.2) is 4.98 Å². The number of benzene rings is 2. The number of aliphatic hydroxyl groups is 1. The molecule has 1 amide bonds. The monoisotopic (exact) mass is 407 g/mol. The van der Waals surface area contributed by atoms with Gasteiger partial charge in [-0.05, 0) is 50.6 Å². The molecule has 0 bridgehead atoms. The van der Waals surface area contributed by atoms with Crippen molar-refractivity contribution >= 4 is 28.8 Å². The molecule has 1 aromatic heterocycles. The highest BCUT2D eigenvalue weighted by atomic mass is 16.3. The molecule has 1 heterocycles. The molecule has 3 rings (SSSR count). The molecule has 0 aliphatic heterocycles. The highest BCUT2D eigenvalue weighted by Crippen LogP contribution is 2.26. The Hall–Kier alpha value is -3.65. The molecule has 8 heteroatoms. The van der Waals surface area contributed by atoms with Crippen LogP contribution in [0, 0.1) is 6.92 Å². The van der Waals surface area contributed by atoms with Crippen LogP contribution in [0.4, 0.5) is 22.9 Å². The van der Waals surface area contributed by atoms with Crippen LogP contribution in [0.15, 0.2) is 53.5 Å². The van der Waals surface area contributed by atoms with E-state index < -0.39 is 11.5 Å². The first kappa shape index (κ1) is 21.1. The Morgan fingerprint density at radius 2 is 1.83 bits per heavy atom. The number of carbonyl (C=O) groups excluding carboxylic acids is 1. The first-order chi connectivity index (χ1) is 14.1. The number of amides is 1. The largest absolute Gasteiger partial charge is 0.398 e. The Balaban J connectivity index is 1.95. The van der Waals surface area contributed by atoms with Gasteiger partial charge in [0.05, 0.1) is 5.69 Å². The normalized spacial score (nSPS) is 11.2. The Bertz CT molecular complexity index is 1160. The van der Waals surface area contributed by atoms with Crippen molar-refractivity contribution < 1.29 is 9.90 Å². The number of hydrogen-bond acceptors (Lipinski definition) is 6. The second-order valence-corrected chi connectivity index (χ2v) is 7.63. The predicted molar refractivity (Wildman–Crippen MR) is 119 cm³/mol. The summed E-state index contributed by atoms with van der Waals surface area (Å²) in [5.41, 5.74) is 8.21. The van der Waals surface area contributed by atoms with E-state index in [1.807, 2.05) is 25.1 Å². The van der Waals surface area contributed by atoms with Crippen molar-refractivity contribution in [1.82, 2.24) is 9.55 Å². The predicted octanol–water partition coefficient (Wildman–Crippen LogP) is 2.79. The molecular formula is C22H25N5O3. The van der Waals surface area contributed by atoms with Crippen molar-refractivity contribution in [2.75, 3.05) is 16.4 Å². The van der Waals surface area contributed by atoms with Crippen LogP contribution in [-0.4, -0.2) is 26.2 Å². The molecule has 2 aromatic carbocycles. The van der Waals surface area contributed by atoms with Gasteiger partial charge in [-0.3, -0.25) is 9.59 Å². The lowest BCUT2D eigenvalue weighted by atomic mass is 10.0. The molecule has 3 aromatic rings. The fraction of sp³-hybridized carbons (Fsp3) is 0.227. The number of carbonyl (C=O) groups is 1. The molecule has 156 valence electrons. The van der Waals surface area contributed by atoms with E-state index >= 15 is 0 Å². The van der Waals surface area contributed by atoms with Crippen LogP contribution in [0.5, 0.6) is 0 Å². The standard InChI is InChI=1S/C22H25N5O3/c1-13-16(9-6-10-17(13)23)18-12-27(4)20(28)19(26-18)24-14-7-5-8-15(11-14)25-21(29)22(2,3)30/h5-12,30H,23H2,1-4H3,(H,24,26)(H,25,29). The summed E-state index contributed by atoms with van der Waals surface area (Å²) in [6.45, 7) is 4.71. The van der Waals surface area contributed by atoms with Crippen molar-refractivity contribution in [3.8, 4) is 11.3 Å². The van der Waals surface area contributed by atoms with E-state index in [0.29, 0.717) is 22.8 Å². The smallest absolute Gasteiger partial charge is 0.293 e. The van der Waals surface area contributed by atoms with Crippen LogP contribution in [0.3, 0.4) is 0 Å². The topological polar surface area (TPSA) is 122 Å². The van der Waals surface area contributed by atoms with Crippen LogP contribution >= 0.6 is 0 Å². The number of rotatable bonds is 5. The number of aryl methyl sites for hydroxylation is 1. The van der Waals surface area contributed by atoms with E-state index in [9.17, 15) is 14.7 Å². The van der Waals surface area contributed by atoms with Crippen LogP contribution < -0.4 is 21.9 Å². The maximum Gasteiger partial charge on any atom is 0.293 e. The maximum atomic E-state index is 12.6. The summed E-state index contributed by atoms with van der Waals surface area (Å²) < 4.78 is 1.45. The van der Waals surface area contributed by atoms with Gasteiger partial charge in [0, 0.05) is 35.9 Å². The zero-order chi connectivity index (χ0) is 22.1. The maximum absolute atomic E-state index is 12.6.